The molecular formula is C23H19N3O3S. The molecule has 0 spiro atoms. The molecule has 2 aromatic heterocycles. The Hall–Kier alpha value is -3.71. The molecule has 4 aromatic rings. The molecule has 1 N–H and O–H groups in total. The highest BCUT2D eigenvalue weighted by Gasteiger charge is 2.10. The predicted octanol–water partition coefficient (Wildman–Crippen LogP) is 4.90. The van der Waals surface area contributed by atoms with Gasteiger partial charge in [-0.2, -0.15) is 0 Å². The third-order valence-electron chi connectivity index (χ3n) is 4.30. The first-order chi connectivity index (χ1) is 14.7. The largest absolute Gasteiger partial charge is 0.493 e. The summed E-state index contributed by atoms with van der Waals surface area (Å²) in [4.78, 5) is 21.1. The Bertz CT molecular complexity index is 1150. The van der Waals surface area contributed by atoms with Gasteiger partial charge in [0.2, 0.25) is 0 Å². The van der Waals surface area contributed by atoms with E-state index in [4.69, 9.17) is 14.5 Å². The second-order valence-electron chi connectivity index (χ2n) is 6.34. The van der Waals surface area contributed by atoms with Crippen LogP contribution in [0.15, 0.2) is 78.4 Å². The summed E-state index contributed by atoms with van der Waals surface area (Å²) in [6.45, 7) is -0.118. The van der Waals surface area contributed by atoms with E-state index in [2.05, 4.69) is 10.3 Å². The minimum Gasteiger partial charge on any atom is -0.493 e. The van der Waals surface area contributed by atoms with Crippen LogP contribution in [0.4, 0.5) is 5.69 Å². The third-order valence-corrected chi connectivity index (χ3v) is 5.19. The Morgan fingerprint density at radius 2 is 1.80 bits per heavy atom. The van der Waals surface area contributed by atoms with Gasteiger partial charge in [-0.3, -0.25) is 9.78 Å². The van der Waals surface area contributed by atoms with E-state index in [9.17, 15) is 4.79 Å². The van der Waals surface area contributed by atoms with Crippen LogP contribution in [0.25, 0.3) is 21.8 Å². The SMILES string of the molecule is COc1ccccc1OCC(=O)Nc1cccc(-c2csc(-c3ccncc3)n2)c1. The quantitative estimate of drug-likeness (QED) is 0.463. The van der Waals surface area contributed by atoms with Gasteiger partial charge in [0.25, 0.3) is 5.91 Å². The number of pyridine rings is 1. The van der Waals surface area contributed by atoms with E-state index in [0.717, 1.165) is 21.8 Å². The molecule has 6 nitrogen and oxygen atoms in total. The van der Waals surface area contributed by atoms with Crippen molar-refractivity contribution in [2.24, 2.45) is 0 Å². The molecule has 30 heavy (non-hydrogen) atoms. The fourth-order valence-corrected chi connectivity index (χ4v) is 3.70. The van der Waals surface area contributed by atoms with Gasteiger partial charge in [-0.05, 0) is 36.4 Å². The molecule has 0 atom stereocenters. The van der Waals surface area contributed by atoms with Crippen molar-refractivity contribution in [3.63, 3.8) is 0 Å². The highest BCUT2D eigenvalue weighted by Crippen LogP contribution is 2.30. The fraction of sp³-hybridized carbons (Fsp3) is 0.0870. The molecule has 0 fully saturated rings. The molecular weight excluding hydrogens is 398 g/mol. The maximum absolute atomic E-state index is 12.3. The van der Waals surface area contributed by atoms with Gasteiger partial charge < -0.3 is 14.8 Å². The van der Waals surface area contributed by atoms with E-state index in [1.54, 1.807) is 43.0 Å². The van der Waals surface area contributed by atoms with E-state index in [-0.39, 0.29) is 12.5 Å². The Labute approximate surface area is 178 Å². The van der Waals surface area contributed by atoms with Gasteiger partial charge in [0, 0.05) is 34.6 Å². The lowest BCUT2D eigenvalue weighted by Gasteiger charge is -2.11. The summed E-state index contributed by atoms with van der Waals surface area (Å²) in [6, 6.07) is 18.7. The molecule has 1 amide bonds. The van der Waals surface area contributed by atoms with E-state index in [1.165, 1.54) is 0 Å². The fourth-order valence-electron chi connectivity index (χ4n) is 2.87. The number of carbonyl (C=O) groups is 1. The molecule has 4 rings (SSSR count). The van der Waals surface area contributed by atoms with E-state index in [0.29, 0.717) is 17.2 Å². The molecule has 0 saturated heterocycles. The van der Waals surface area contributed by atoms with Crippen LogP contribution in [0.3, 0.4) is 0 Å². The molecule has 150 valence electrons. The number of benzene rings is 2. The summed E-state index contributed by atoms with van der Waals surface area (Å²) >= 11 is 1.57. The van der Waals surface area contributed by atoms with Crippen molar-refractivity contribution in [1.82, 2.24) is 9.97 Å². The normalized spacial score (nSPS) is 10.4. The van der Waals surface area contributed by atoms with Crippen molar-refractivity contribution >= 4 is 22.9 Å². The molecule has 0 aliphatic carbocycles. The smallest absolute Gasteiger partial charge is 0.262 e. The average Bonchev–Trinajstić information content (AvgIpc) is 3.29. The number of aromatic nitrogens is 2. The maximum Gasteiger partial charge on any atom is 0.262 e. The summed E-state index contributed by atoms with van der Waals surface area (Å²) in [5.74, 6) is 0.852. The van der Waals surface area contributed by atoms with Crippen LogP contribution in [-0.4, -0.2) is 29.6 Å². The van der Waals surface area contributed by atoms with Crippen LogP contribution in [0.2, 0.25) is 0 Å². The number of nitrogens with zero attached hydrogens (tertiary/aromatic N) is 2. The molecule has 2 aromatic carbocycles. The lowest BCUT2D eigenvalue weighted by atomic mass is 10.1. The number of amides is 1. The number of nitrogens with one attached hydrogen (secondary N) is 1. The van der Waals surface area contributed by atoms with Crippen molar-refractivity contribution in [1.29, 1.82) is 0 Å². The van der Waals surface area contributed by atoms with Crippen LogP contribution in [0, 0.1) is 0 Å². The number of para-hydroxylation sites is 2. The van der Waals surface area contributed by atoms with E-state index < -0.39 is 0 Å². The van der Waals surface area contributed by atoms with Crippen LogP contribution in [0.5, 0.6) is 11.5 Å². The molecule has 0 unspecified atom stereocenters. The molecule has 0 radical (unpaired) electrons. The van der Waals surface area contributed by atoms with Gasteiger partial charge in [-0.15, -0.1) is 11.3 Å². The highest BCUT2D eigenvalue weighted by molar-refractivity contribution is 7.13. The molecule has 7 heteroatoms. The molecule has 0 bridgehead atoms. The zero-order valence-corrected chi connectivity index (χ0v) is 17.1. The number of ether oxygens (including phenoxy) is 2. The van der Waals surface area contributed by atoms with Gasteiger partial charge in [-0.25, -0.2) is 4.98 Å². The van der Waals surface area contributed by atoms with Crippen molar-refractivity contribution in [3.05, 3.63) is 78.4 Å². The van der Waals surface area contributed by atoms with Crippen molar-refractivity contribution in [3.8, 4) is 33.3 Å². The standard InChI is InChI=1S/C23H19N3O3S/c1-28-20-7-2-3-8-21(20)29-14-22(27)25-18-6-4-5-17(13-18)19-15-30-23(26-19)16-9-11-24-12-10-16/h2-13,15H,14H2,1H3,(H,25,27). The second-order valence-corrected chi connectivity index (χ2v) is 7.20. The zero-order chi connectivity index (χ0) is 20.8. The summed E-state index contributed by atoms with van der Waals surface area (Å²) in [6.07, 6.45) is 3.50. The Balaban J connectivity index is 1.42. The Morgan fingerprint density at radius 1 is 1.00 bits per heavy atom. The van der Waals surface area contributed by atoms with E-state index in [1.807, 2.05) is 53.9 Å². The molecule has 2 heterocycles. The Kier molecular flexibility index (Phi) is 6.01. The lowest BCUT2D eigenvalue weighted by molar-refractivity contribution is -0.118. The summed E-state index contributed by atoms with van der Waals surface area (Å²) in [7, 11) is 1.56. The zero-order valence-electron chi connectivity index (χ0n) is 16.2. The van der Waals surface area contributed by atoms with Gasteiger partial charge in [0.15, 0.2) is 18.1 Å². The number of carbonyl (C=O) groups excluding carboxylic acids is 1. The monoisotopic (exact) mass is 417 g/mol. The van der Waals surface area contributed by atoms with E-state index >= 15 is 0 Å². The number of rotatable bonds is 7. The first kappa shape index (κ1) is 19.6. The first-order valence-electron chi connectivity index (χ1n) is 9.25. The topological polar surface area (TPSA) is 73.3 Å². The van der Waals surface area contributed by atoms with Crippen LogP contribution in [-0.2, 0) is 4.79 Å². The first-order valence-corrected chi connectivity index (χ1v) is 10.1. The van der Waals surface area contributed by atoms with Gasteiger partial charge in [0.05, 0.1) is 12.8 Å². The molecule has 0 saturated carbocycles. The van der Waals surface area contributed by atoms with Crippen molar-refractivity contribution in [2.75, 3.05) is 19.0 Å². The summed E-state index contributed by atoms with van der Waals surface area (Å²) in [5.41, 5.74) is 3.49. The third kappa shape index (κ3) is 4.64. The minimum absolute atomic E-state index is 0.118. The van der Waals surface area contributed by atoms with Gasteiger partial charge >= 0.3 is 0 Å². The van der Waals surface area contributed by atoms with Gasteiger partial charge in [0.1, 0.15) is 5.01 Å². The van der Waals surface area contributed by atoms with Crippen molar-refractivity contribution < 1.29 is 14.3 Å². The lowest BCUT2D eigenvalue weighted by Crippen LogP contribution is -2.20. The number of hydrogen-bond donors (Lipinski definition) is 1. The number of thiazole rings is 1. The summed E-state index contributed by atoms with van der Waals surface area (Å²) in [5, 5.41) is 5.79. The minimum atomic E-state index is -0.256. The maximum atomic E-state index is 12.3. The number of methoxy groups -OCH3 is 1. The van der Waals surface area contributed by atoms with Crippen LogP contribution in [0.1, 0.15) is 0 Å². The molecule has 0 aliphatic heterocycles. The predicted molar refractivity (Wildman–Crippen MR) is 118 cm³/mol. The average molecular weight is 417 g/mol. The Morgan fingerprint density at radius 3 is 2.60 bits per heavy atom. The summed E-state index contributed by atoms with van der Waals surface area (Å²) < 4.78 is 10.8. The highest BCUT2D eigenvalue weighted by atomic mass is 32.1. The van der Waals surface area contributed by atoms with Gasteiger partial charge in [-0.1, -0.05) is 24.3 Å². The number of anilines is 1. The molecule has 0 aliphatic rings. The van der Waals surface area contributed by atoms with Crippen molar-refractivity contribution in [2.45, 2.75) is 0 Å². The van der Waals surface area contributed by atoms with Crippen LogP contribution < -0.4 is 14.8 Å². The van der Waals surface area contributed by atoms with Crippen LogP contribution >= 0.6 is 11.3 Å². The second kappa shape index (κ2) is 9.19. The number of hydrogen-bond acceptors (Lipinski definition) is 6.